The molecule has 0 bridgehead atoms. The smallest absolute Gasteiger partial charge is 0.0526 e. The lowest BCUT2D eigenvalue weighted by atomic mass is 9.63. The first-order chi connectivity index (χ1) is 14.1. The highest BCUT2D eigenvalue weighted by atomic mass is 15.3. The Morgan fingerprint density at radius 2 is 1.79 bits per heavy atom. The molecule has 3 fully saturated rings. The summed E-state index contributed by atoms with van der Waals surface area (Å²) >= 11 is 0. The van der Waals surface area contributed by atoms with Gasteiger partial charge in [0.1, 0.15) is 0 Å². The number of hydrogen-bond acceptors (Lipinski definition) is 2. The molecular weight excluding hydrogens is 352 g/mol. The zero-order chi connectivity index (χ0) is 21.2. The molecular formula is C27H42N2. The second-order valence-corrected chi connectivity index (χ2v) is 9.24. The third-order valence-electron chi connectivity index (χ3n) is 7.88. The molecule has 1 aromatic rings. The molecule has 4 aliphatic heterocycles. The van der Waals surface area contributed by atoms with Gasteiger partial charge in [-0.1, -0.05) is 64.5 Å². The molecule has 0 N–H and O–H groups in total. The predicted octanol–water partition coefficient (Wildman–Crippen LogP) is 6.79. The Balaban J connectivity index is 0.000000443. The molecule has 0 aromatic heterocycles. The van der Waals surface area contributed by atoms with Crippen molar-refractivity contribution in [3.8, 4) is 0 Å². The summed E-state index contributed by atoms with van der Waals surface area (Å²) in [4.78, 5) is 5.66. The Bertz CT molecular complexity index is 710. The number of benzene rings is 1. The van der Waals surface area contributed by atoms with Crippen molar-refractivity contribution in [2.45, 2.75) is 90.3 Å². The van der Waals surface area contributed by atoms with Crippen LogP contribution in [0.3, 0.4) is 0 Å². The van der Waals surface area contributed by atoms with Crippen LogP contribution in [0.15, 0.2) is 49.6 Å². The Morgan fingerprint density at radius 1 is 1.10 bits per heavy atom. The van der Waals surface area contributed by atoms with Crippen LogP contribution in [0.4, 0.5) is 5.69 Å². The fourth-order valence-corrected chi connectivity index (χ4v) is 6.64. The minimum Gasteiger partial charge on any atom is -0.359 e. The van der Waals surface area contributed by atoms with Crippen LogP contribution >= 0.6 is 0 Å². The molecule has 2 heteroatoms. The fourth-order valence-electron chi connectivity index (χ4n) is 6.64. The fraction of sp³-hybridized carbons (Fsp3) is 0.630. The first kappa shape index (κ1) is 22.2. The van der Waals surface area contributed by atoms with E-state index in [9.17, 15) is 0 Å². The molecule has 4 aliphatic rings. The van der Waals surface area contributed by atoms with Gasteiger partial charge < -0.3 is 4.90 Å². The van der Waals surface area contributed by atoms with Crippen molar-refractivity contribution in [1.82, 2.24) is 4.90 Å². The molecule has 160 valence electrons. The van der Waals surface area contributed by atoms with Gasteiger partial charge in [-0.3, -0.25) is 4.90 Å². The first-order valence-corrected chi connectivity index (χ1v) is 11.9. The van der Waals surface area contributed by atoms with E-state index >= 15 is 0 Å². The quantitative estimate of drug-likeness (QED) is 0.521. The van der Waals surface area contributed by atoms with E-state index in [2.05, 4.69) is 81.5 Å². The Labute approximate surface area is 179 Å². The molecule has 0 radical (unpaired) electrons. The summed E-state index contributed by atoms with van der Waals surface area (Å²) in [6, 6.07) is 11.2. The minimum absolute atomic E-state index is 0.519. The van der Waals surface area contributed by atoms with E-state index in [1.807, 2.05) is 0 Å². The molecule has 4 heterocycles. The van der Waals surface area contributed by atoms with Crippen molar-refractivity contribution in [3.05, 3.63) is 55.1 Å². The maximum Gasteiger partial charge on any atom is 0.0526 e. The van der Waals surface area contributed by atoms with Gasteiger partial charge in [0.2, 0.25) is 0 Å². The second-order valence-electron chi connectivity index (χ2n) is 9.24. The molecule has 29 heavy (non-hydrogen) atoms. The number of para-hydroxylation sites is 1. The van der Waals surface area contributed by atoms with E-state index in [-0.39, 0.29) is 0 Å². The molecule has 2 nitrogen and oxygen atoms in total. The molecule has 3 saturated heterocycles. The summed E-state index contributed by atoms with van der Waals surface area (Å²) in [5, 5.41) is 0. The van der Waals surface area contributed by atoms with Crippen molar-refractivity contribution in [1.29, 1.82) is 0 Å². The maximum atomic E-state index is 4.52. The third-order valence-corrected chi connectivity index (χ3v) is 7.88. The molecule has 0 spiro atoms. The van der Waals surface area contributed by atoms with Crippen molar-refractivity contribution < 1.29 is 0 Å². The lowest BCUT2D eigenvalue weighted by Crippen LogP contribution is -2.65. The molecule has 0 aliphatic carbocycles. The molecule has 0 saturated carbocycles. The van der Waals surface area contributed by atoms with Crippen LogP contribution in [0.5, 0.6) is 0 Å². The van der Waals surface area contributed by atoms with Crippen molar-refractivity contribution in [3.63, 3.8) is 0 Å². The molecule has 5 rings (SSSR count). The number of hydrogen-bond donors (Lipinski definition) is 0. The Kier molecular flexibility index (Phi) is 6.94. The van der Waals surface area contributed by atoms with Crippen molar-refractivity contribution in [2.24, 2.45) is 5.41 Å². The average Bonchev–Trinajstić information content (AvgIpc) is 3.31. The van der Waals surface area contributed by atoms with Crippen LogP contribution in [0.1, 0.15) is 77.7 Å². The SMILES string of the molecule is C=C.C=C(CC)C1CC2(CC)CCN3CCC4c5ccccc5N1C4C32.CCC. The van der Waals surface area contributed by atoms with Gasteiger partial charge in [-0.15, -0.1) is 13.2 Å². The van der Waals surface area contributed by atoms with Gasteiger partial charge in [0.05, 0.1) is 12.1 Å². The van der Waals surface area contributed by atoms with Gasteiger partial charge in [0.25, 0.3) is 0 Å². The van der Waals surface area contributed by atoms with Gasteiger partial charge in [-0.2, -0.15) is 0 Å². The highest BCUT2D eigenvalue weighted by Crippen LogP contribution is 2.60. The summed E-state index contributed by atoms with van der Waals surface area (Å²) in [5.41, 5.74) is 5.10. The number of fused-ring (bicyclic) bond motifs is 3. The van der Waals surface area contributed by atoms with Gasteiger partial charge in [0, 0.05) is 17.6 Å². The van der Waals surface area contributed by atoms with E-state index in [1.165, 1.54) is 56.5 Å². The van der Waals surface area contributed by atoms with Gasteiger partial charge in [0.15, 0.2) is 0 Å². The summed E-state index contributed by atoms with van der Waals surface area (Å²) in [7, 11) is 0. The van der Waals surface area contributed by atoms with Gasteiger partial charge in [-0.25, -0.2) is 0 Å². The minimum atomic E-state index is 0.519. The zero-order valence-corrected chi connectivity index (χ0v) is 19.3. The standard InChI is InChI=1S/C22H30N2.C3H8.C2H4/c1-4-15(3)19-14-22(5-2)11-13-23-12-10-17-16-8-6-7-9-18(16)24(19)20(17)21(22)23;1-3-2;1-2/h6-9,17,19-21H,3-5,10-14H2,1-2H3;3H2,1-2H3;1-2H2. The zero-order valence-electron chi connectivity index (χ0n) is 19.3. The third kappa shape index (κ3) is 3.38. The van der Waals surface area contributed by atoms with E-state index in [4.69, 9.17) is 0 Å². The van der Waals surface area contributed by atoms with Gasteiger partial charge >= 0.3 is 0 Å². The molecule has 0 amide bonds. The van der Waals surface area contributed by atoms with Crippen molar-refractivity contribution in [2.75, 3.05) is 18.0 Å². The van der Waals surface area contributed by atoms with Crippen LogP contribution in [-0.4, -0.2) is 36.1 Å². The van der Waals surface area contributed by atoms with E-state index in [1.54, 1.807) is 5.56 Å². The second kappa shape index (κ2) is 9.08. The monoisotopic (exact) mass is 394 g/mol. The number of rotatable bonds is 3. The normalized spacial score (nSPS) is 33.6. The van der Waals surface area contributed by atoms with Crippen LogP contribution in [-0.2, 0) is 0 Å². The molecule has 1 aromatic carbocycles. The number of anilines is 1. The van der Waals surface area contributed by atoms with E-state index in [0.717, 1.165) is 18.4 Å². The van der Waals surface area contributed by atoms with E-state index < -0.39 is 0 Å². The highest BCUT2D eigenvalue weighted by Gasteiger charge is 2.62. The highest BCUT2D eigenvalue weighted by molar-refractivity contribution is 5.65. The maximum absolute atomic E-state index is 4.52. The Hall–Kier alpha value is -1.54. The first-order valence-electron chi connectivity index (χ1n) is 11.9. The van der Waals surface area contributed by atoms with E-state index in [0.29, 0.717) is 17.5 Å². The number of nitrogens with zero attached hydrogens (tertiary/aromatic N) is 2. The number of piperidine rings is 2. The van der Waals surface area contributed by atoms with Crippen LogP contribution in [0.25, 0.3) is 0 Å². The lowest BCUT2D eigenvalue weighted by molar-refractivity contribution is 0.0419. The summed E-state index contributed by atoms with van der Waals surface area (Å²) in [6.45, 7) is 22.1. The molecule has 5 atom stereocenters. The van der Waals surface area contributed by atoms with Crippen LogP contribution in [0.2, 0.25) is 0 Å². The summed E-state index contributed by atoms with van der Waals surface area (Å²) in [6.07, 6.45) is 7.73. The average molecular weight is 395 g/mol. The Morgan fingerprint density at radius 3 is 2.45 bits per heavy atom. The summed E-state index contributed by atoms with van der Waals surface area (Å²) in [5.74, 6) is 0.735. The molecule has 5 unspecified atom stereocenters. The van der Waals surface area contributed by atoms with Crippen LogP contribution < -0.4 is 4.90 Å². The van der Waals surface area contributed by atoms with Crippen molar-refractivity contribution >= 4 is 5.69 Å². The predicted molar refractivity (Wildman–Crippen MR) is 128 cm³/mol. The lowest BCUT2D eigenvalue weighted by Gasteiger charge is -2.57. The summed E-state index contributed by atoms with van der Waals surface area (Å²) < 4.78 is 0. The van der Waals surface area contributed by atoms with Gasteiger partial charge in [-0.05, 0) is 62.2 Å². The van der Waals surface area contributed by atoms with Crippen LogP contribution in [0, 0.1) is 5.41 Å². The topological polar surface area (TPSA) is 6.48 Å². The largest absolute Gasteiger partial charge is 0.359 e.